The van der Waals surface area contributed by atoms with Crippen molar-refractivity contribution < 1.29 is 14.0 Å². The highest BCUT2D eigenvalue weighted by atomic mass is 32.2. The van der Waals surface area contributed by atoms with E-state index in [4.69, 9.17) is 0 Å². The van der Waals surface area contributed by atoms with Gasteiger partial charge in [0.15, 0.2) is 11.0 Å². The Labute approximate surface area is 190 Å². The van der Waals surface area contributed by atoms with Crippen LogP contribution in [0.25, 0.3) is 17.1 Å². The number of aromatic nitrogens is 3. The van der Waals surface area contributed by atoms with E-state index in [2.05, 4.69) is 20.8 Å². The van der Waals surface area contributed by atoms with Gasteiger partial charge in [-0.05, 0) is 44.5 Å². The standard InChI is InChI=1S/C23H26FN5O2S/c1-4-15(2)25-22(31)16(3)26-20(30)14-32-23-28-27-21(18-12-8-9-13-19(18)24)29(23)17-10-6-5-7-11-17/h5-13,15-16H,4,14H2,1-3H3,(H,25,31)(H,26,30). The Morgan fingerprint density at radius 1 is 1.03 bits per heavy atom. The number of hydrogen-bond acceptors (Lipinski definition) is 5. The molecule has 0 fully saturated rings. The minimum absolute atomic E-state index is 0.0309. The molecule has 2 amide bonds. The van der Waals surface area contributed by atoms with Crippen molar-refractivity contribution in [2.75, 3.05) is 5.75 Å². The summed E-state index contributed by atoms with van der Waals surface area (Å²) in [6, 6.07) is 15.0. The molecule has 7 nitrogen and oxygen atoms in total. The molecule has 0 aliphatic carbocycles. The minimum atomic E-state index is -0.655. The van der Waals surface area contributed by atoms with Gasteiger partial charge in [-0.3, -0.25) is 14.2 Å². The first-order valence-electron chi connectivity index (χ1n) is 10.4. The first-order valence-corrected chi connectivity index (χ1v) is 11.4. The lowest BCUT2D eigenvalue weighted by Gasteiger charge is -2.17. The van der Waals surface area contributed by atoms with Crippen LogP contribution in [0.1, 0.15) is 27.2 Å². The third kappa shape index (κ3) is 5.73. The predicted octanol–water partition coefficient (Wildman–Crippen LogP) is 3.58. The summed E-state index contributed by atoms with van der Waals surface area (Å²) in [4.78, 5) is 24.6. The van der Waals surface area contributed by atoms with Gasteiger partial charge >= 0.3 is 0 Å². The maximum Gasteiger partial charge on any atom is 0.242 e. The average Bonchev–Trinajstić information content (AvgIpc) is 3.22. The summed E-state index contributed by atoms with van der Waals surface area (Å²) in [7, 11) is 0. The molecule has 0 spiro atoms. The van der Waals surface area contributed by atoms with Gasteiger partial charge in [0.05, 0.1) is 11.3 Å². The fraction of sp³-hybridized carbons (Fsp3) is 0.304. The molecule has 0 saturated heterocycles. The molecule has 0 saturated carbocycles. The van der Waals surface area contributed by atoms with Crippen molar-refractivity contribution in [3.05, 3.63) is 60.4 Å². The Morgan fingerprint density at radius 2 is 1.72 bits per heavy atom. The molecule has 1 heterocycles. The smallest absolute Gasteiger partial charge is 0.242 e. The van der Waals surface area contributed by atoms with Crippen LogP contribution in [0.2, 0.25) is 0 Å². The predicted molar refractivity (Wildman–Crippen MR) is 123 cm³/mol. The summed E-state index contributed by atoms with van der Waals surface area (Å²) in [6.07, 6.45) is 0.807. The number of amides is 2. The maximum absolute atomic E-state index is 14.4. The molecule has 0 aliphatic rings. The van der Waals surface area contributed by atoms with Gasteiger partial charge in [-0.15, -0.1) is 10.2 Å². The van der Waals surface area contributed by atoms with Gasteiger partial charge in [-0.2, -0.15) is 0 Å². The highest BCUT2D eigenvalue weighted by Crippen LogP contribution is 2.29. The molecular formula is C23H26FN5O2S. The number of carbonyl (C=O) groups excluding carboxylic acids is 2. The number of benzene rings is 2. The van der Waals surface area contributed by atoms with E-state index in [0.29, 0.717) is 16.5 Å². The second-order valence-electron chi connectivity index (χ2n) is 7.35. The van der Waals surface area contributed by atoms with Crippen molar-refractivity contribution >= 4 is 23.6 Å². The summed E-state index contributed by atoms with van der Waals surface area (Å²) in [5, 5.41) is 14.4. The molecule has 1 aromatic heterocycles. The number of thioether (sulfide) groups is 1. The molecule has 2 unspecified atom stereocenters. The molecule has 32 heavy (non-hydrogen) atoms. The Kier molecular flexibility index (Phi) is 7.99. The minimum Gasteiger partial charge on any atom is -0.352 e. The molecule has 0 aliphatic heterocycles. The third-order valence-electron chi connectivity index (χ3n) is 4.87. The summed E-state index contributed by atoms with van der Waals surface area (Å²) in [5.74, 6) is -0.571. The number of rotatable bonds is 9. The molecule has 2 aromatic carbocycles. The van der Waals surface area contributed by atoms with Crippen molar-refractivity contribution in [1.82, 2.24) is 25.4 Å². The Bertz CT molecular complexity index is 1070. The Hall–Kier alpha value is -3.20. The van der Waals surface area contributed by atoms with E-state index in [9.17, 15) is 14.0 Å². The molecule has 168 valence electrons. The van der Waals surface area contributed by atoms with Crippen LogP contribution in [0.15, 0.2) is 59.8 Å². The van der Waals surface area contributed by atoms with Gasteiger partial charge in [0.2, 0.25) is 11.8 Å². The van der Waals surface area contributed by atoms with Crippen molar-refractivity contribution in [2.45, 2.75) is 44.4 Å². The third-order valence-corrected chi connectivity index (χ3v) is 5.80. The lowest BCUT2D eigenvalue weighted by molar-refractivity contribution is -0.127. The lowest BCUT2D eigenvalue weighted by Crippen LogP contribution is -2.47. The fourth-order valence-corrected chi connectivity index (χ4v) is 3.70. The fourth-order valence-electron chi connectivity index (χ4n) is 2.94. The Balaban J connectivity index is 1.77. The SMILES string of the molecule is CCC(C)NC(=O)C(C)NC(=O)CSc1nnc(-c2ccccc2F)n1-c1ccccc1. The van der Waals surface area contributed by atoms with Crippen molar-refractivity contribution in [3.8, 4) is 17.1 Å². The second kappa shape index (κ2) is 10.9. The van der Waals surface area contributed by atoms with Gasteiger partial charge in [0.1, 0.15) is 11.9 Å². The van der Waals surface area contributed by atoms with Crippen LogP contribution in [0.4, 0.5) is 4.39 Å². The largest absolute Gasteiger partial charge is 0.352 e. The molecule has 9 heteroatoms. The number of nitrogens with one attached hydrogen (secondary N) is 2. The molecular weight excluding hydrogens is 429 g/mol. The summed E-state index contributed by atoms with van der Waals surface area (Å²) < 4.78 is 16.2. The molecule has 0 bridgehead atoms. The highest BCUT2D eigenvalue weighted by Gasteiger charge is 2.21. The van der Waals surface area contributed by atoms with E-state index in [1.165, 1.54) is 17.8 Å². The van der Waals surface area contributed by atoms with Crippen LogP contribution in [-0.4, -0.2) is 44.4 Å². The van der Waals surface area contributed by atoms with Crippen molar-refractivity contribution in [3.63, 3.8) is 0 Å². The summed E-state index contributed by atoms with van der Waals surface area (Å²) in [5.41, 5.74) is 1.07. The number of hydrogen-bond donors (Lipinski definition) is 2. The van der Waals surface area contributed by atoms with E-state index in [0.717, 1.165) is 12.1 Å². The number of carbonyl (C=O) groups is 2. The lowest BCUT2D eigenvalue weighted by atomic mass is 10.2. The van der Waals surface area contributed by atoms with E-state index in [-0.39, 0.29) is 23.6 Å². The van der Waals surface area contributed by atoms with Gasteiger partial charge < -0.3 is 10.6 Å². The van der Waals surface area contributed by atoms with Crippen LogP contribution >= 0.6 is 11.8 Å². The molecule has 2 N–H and O–H groups in total. The molecule has 3 rings (SSSR count). The van der Waals surface area contributed by atoms with Gasteiger partial charge in [0, 0.05) is 11.7 Å². The topological polar surface area (TPSA) is 88.9 Å². The maximum atomic E-state index is 14.4. The van der Waals surface area contributed by atoms with E-state index in [1.54, 1.807) is 29.7 Å². The zero-order valence-electron chi connectivity index (χ0n) is 18.2. The zero-order valence-corrected chi connectivity index (χ0v) is 19.0. The highest BCUT2D eigenvalue weighted by molar-refractivity contribution is 7.99. The summed E-state index contributed by atoms with van der Waals surface area (Å²) >= 11 is 1.17. The number of nitrogens with zero attached hydrogens (tertiary/aromatic N) is 3. The van der Waals surface area contributed by atoms with Crippen molar-refractivity contribution in [2.24, 2.45) is 0 Å². The number of halogens is 1. The van der Waals surface area contributed by atoms with Crippen LogP contribution in [0.3, 0.4) is 0 Å². The zero-order chi connectivity index (χ0) is 23.1. The second-order valence-corrected chi connectivity index (χ2v) is 8.30. The van der Waals surface area contributed by atoms with E-state index >= 15 is 0 Å². The number of para-hydroxylation sites is 1. The first-order chi connectivity index (χ1) is 15.4. The molecule has 3 aromatic rings. The van der Waals surface area contributed by atoms with Crippen LogP contribution in [-0.2, 0) is 9.59 Å². The van der Waals surface area contributed by atoms with Gasteiger partial charge in [-0.25, -0.2) is 4.39 Å². The quantitative estimate of drug-likeness (QED) is 0.482. The van der Waals surface area contributed by atoms with E-state index in [1.807, 2.05) is 44.2 Å². The van der Waals surface area contributed by atoms with E-state index < -0.39 is 11.9 Å². The van der Waals surface area contributed by atoms with Crippen LogP contribution in [0, 0.1) is 5.82 Å². The molecule has 0 radical (unpaired) electrons. The van der Waals surface area contributed by atoms with Crippen molar-refractivity contribution in [1.29, 1.82) is 0 Å². The average molecular weight is 456 g/mol. The normalized spacial score (nSPS) is 12.8. The molecule has 2 atom stereocenters. The Morgan fingerprint density at radius 3 is 2.41 bits per heavy atom. The summed E-state index contributed by atoms with van der Waals surface area (Å²) in [6.45, 7) is 5.53. The van der Waals surface area contributed by atoms with Crippen LogP contribution < -0.4 is 10.6 Å². The monoisotopic (exact) mass is 455 g/mol. The van der Waals surface area contributed by atoms with Gasteiger partial charge in [0.25, 0.3) is 0 Å². The van der Waals surface area contributed by atoms with Crippen LogP contribution in [0.5, 0.6) is 0 Å². The first kappa shape index (κ1) is 23.5. The van der Waals surface area contributed by atoms with Gasteiger partial charge in [-0.1, -0.05) is 49.0 Å².